The topological polar surface area (TPSA) is 81.7 Å². The van der Waals surface area contributed by atoms with Gasteiger partial charge < -0.3 is 15.6 Å². The van der Waals surface area contributed by atoms with Gasteiger partial charge in [-0.25, -0.2) is 15.0 Å². The number of benzene rings is 1. The second kappa shape index (κ2) is 5.88. The number of hydrogen-bond donors (Lipinski definition) is 2. The van der Waals surface area contributed by atoms with Crippen molar-refractivity contribution in [2.45, 2.75) is 26.1 Å². The van der Waals surface area contributed by atoms with Gasteiger partial charge in [-0.15, -0.1) is 0 Å². The lowest BCUT2D eigenvalue weighted by Crippen LogP contribution is -2.29. The molecule has 1 aromatic carbocycles. The van der Waals surface area contributed by atoms with E-state index in [0.717, 1.165) is 18.7 Å². The van der Waals surface area contributed by atoms with Gasteiger partial charge in [-0.2, -0.15) is 0 Å². The van der Waals surface area contributed by atoms with Crippen molar-refractivity contribution in [3.05, 3.63) is 48.5 Å². The molecular formula is C15H18N6. The van der Waals surface area contributed by atoms with Crippen LogP contribution in [-0.2, 0) is 13.1 Å². The Hall–Kier alpha value is -2.47. The first-order chi connectivity index (χ1) is 10.2. The SMILES string of the molecule is C[C@@H](Cn1cnc2c(N)ncnc21)NCc1ccccc1. The van der Waals surface area contributed by atoms with E-state index in [0.29, 0.717) is 17.4 Å². The lowest BCUT2D eigenvalue weighted by Gasteiger charge is -2.14. The Morgan fingerprint density at radius 3 is 2.81 bits per heavy atom. The number of anilines is 1. The summed E-state index contributed by atoms with van der Waals surface area (Å²) in [4.78, 5) is 12.5. The third-order valence-corrected chi connectivity index (χ3v) is 3.40. The highest BCUT2D eigenvalue weighted by molar-refractivity contribution is 5.81. The minimum atomic E-state index is 0.291. The van der Waals surface area contributed by atoms with E-state index in [1.165, 1.54) is 11.9 Å². The van der Waals surface area contributed by atoms with Crippen molar-refractivity contribution >= 4 is 17.0 Å². The van der Waals surface area contributed by atoms with Crippen molar-refractivity contribution in [1.29, 1.82) is 0 Å². The molecule has 0 spiro atoms. The Balaban J connectivity index is 1.66. The second-order valence-electron chi connectivity index (χ2n) is 5.10. The molecule has 0 aliphatic rings. The van der Waals surface area contributed by atoms with E-state index < -0.39 is 0 Å². The largest absolute Gasteiger partial charge is 0.382 e. The van der Waals surface area contributed by atoms with Crippen LogP contribution in [0.4, 0.5) is 5.82 Å². The molecule has 2 aromatic heterocycles. The summed E-state index contributed by atoms with van der Waals surface area (Å²) in [6.45, 7) is 3.75. The van der Waals surface area contributed by atoms with Gasteiger partial charge in [0.2, 0.25) is 0 Å². The first kappa shape index (κ1) is 13.5. The number of nitrogen functional groups attached to an aromatic ring is 1. The third kappa shape index (κ3) is 3.00. The highest BCUT2D eigenvalue weighted by atomic mass is 15.1. The van der Waals surface area contributed by atoms with Crippen molar-refractivity contribution in [2.24, 2.45) is 0 Å². The van der Waals surface area contributed by atoms with E-state index >= 15 is 0 Å². The molecule has 1 atom stereocenters. The fourth-order valence-electron chi connectivity index (χ4n) is 2.28. The number of hydrogen-bond acceptors (Lipinski definition) is 5. The predicted octanol–water partition coefficient (Wildman–Crippen LogP) is 1.59. The lowest BCUT2D eigenvalue weighted by atomic mass is 10.2. The van der Waals surface area contributed by atoms with Gasteiger partial charge in [0.05, 0.1) is 6.33 Å². The van der Waals surface area contributed by atoms with Crippen LogP contribution in [0.5, 0.6) is 0 Å². The van der Waals surface area contributed by atoms with Crippen LogP contribution in [0.1, 0.15) is 12.5 Å². The molecule has 108 valence electrons. The number of imidazole rings is 1. The van der Waals surface area contributed by atoms with Crippen molar-refractivity contribution in [3.63, 3.8) is 0 Å². The van der Waals surface area contributed by atoms with Crippen molar-refractivity contribution in [3.8, 4) is 0 Å². The zero-order valence-corrected chi connectivity index (χ0v) is 11.9. The van der Waals surface area contributed by atoms with Crippen molar-refractivity contribution < 1.29 is 0 Å². The van der Waals surface area contributed by atoms with Gasteiger partial charge >= 0.3 is 0 Å². The maximum absolute atomic E-state index is 5.79. The average molecular weight is 282 g/mol. The maximum atomic E-state index is 5.79. The molecule has 21 heavy (non-hydrogen) atoms. The molecule has 3 aromatic rings. The summed E-state index contributed by atoms with van der Waals surface area (Å²) in [6, 6.07) is 10.6. The first-order valence-electron chi connectivity index (χ1n) is 6.92. The molecule has 0 radical (unpaired) electrons. The molecule has 0 amide bonds. The summed E-state index contributed by atoms with van der Waals surface area (Å²) in [6.07, 6.45) is 3.23. The summed E-state index contributed by atoms with van der Waals surface area (Å²) >= 11 is 0. The summed E-state index contributed by atoms with van der Waals surface area (Å²) in [5.41, 5.74) is 8.50. The molecule has 0 fully saturated rings. The second-order valence-corrected chi connectivity index (χ2v) is 5.10. The van der Waals surface area contributed by atoms with E-state index in [4.69, 9.17) is 5.73 Å². The molecule has 3 rings (SSSR count). The number of fused-ring (bicyclic) bond motifs is 1. The number of nitrogens with one attached hydrogen (secondary N) is 1. The predicted molar refractivity (Wildman–Crippen MR) is 82.5 cm³/mol. The first-order valence-corrected chi connectivity index (χ1v) is 6.92. The van der Waals surface area contributed by atoms with Crippen LogP contribution in [0.15, 0.2) is 43.0 Å². The van der Waals surface area contributed by atoms with Gasteiger partial charge in [-0.05, 0) is 12.5 Å². The standard InChI is InChI=1S/C15H18N6/c1-11(17-7-12-5-3-2-4-6-12)8-21-10-20-13-14(16)18-9-19-15(13)21/h2-6,9-11,17H,7-8H2,1H3,(H2,16,18,19)/t11-/m0/s1. The van der Waals surface area contributed by atoms with Crippen LogP contribution in [0.25, 0.3) is 11.2 Å². The summed E-state index contributed by atoms with van der Waals surface area (Å²) < 4.78 is 2.00. The van der Waals surface area contributed by atoms with E-state index in [2.05, 4.69) is 39.3 Å². The van der Waals surface area contributed by atoms with Crippen LogP contribution < -0.4 is 11.1 Å². The molecule has 3 N–H and O–H groups in total. The minimum absolute atomic E-state index is 0.291. The quantitative estimate of drug-likeness (QED) is 0.742. The zero-order valence-electron chi connectivity index (χ0n) is 11.9. The van der Waals surface area contributed by atoms with Gasteiger partial charge in [0.1, 0.15) is 11.8 Å². The van der Waals surface area contributed by atoms with Gasteiger partial charge in [0.25, 0.3) is 0 Å². The number of aromatic nitrogens is 4. The summed E-state index contributed by atoms with van der Waals surface area (Å²) in [5, 5.41) is 3.49. The Kier molecular flexibility index (Phi) is 3.79. The van der Waals surface area contributed by atoms with Crippen LogP contribution in [0.2, 0.25) is 0 Å². The molecule has 0 aliphatic carbocycles. The Morgan fingerprint density at radius 1 is 1.19 bits per heavy atom. The van der Waals surface area contributed by atoms with Crippen molar-refractivity contribution in [1.82, 2.24) is 24.8 Å². The maximum Gasteiger partial charge on any atom is 0.165 e. The van der Waals surface area contributed by atoms with E-state index in [1.54, 1.807) is 6.33 Å². The molecule has 0 saturated carbocycles. The summed E-state index contributed by atoms with van der Waals surface area (Å²) in [5.74, 6) is 0.420. The lowest BCUT2D eigenvalue weighted by molar-refractivity contribution is 0.481. The molecule has 0 bridgehead atoms. The van der Waals surface area contributed by atoms with Crippen LogP contribution in [0, 0.1) is 0 Å². The Morgan fingerprint density at radius 2 is 2.00 bits per heavy atom. The Bertz CT molecular complexity index is 721. The van der Waals surface area contributed by atoms with Crippen LogP contribution >= 0.6 is 0 Å². The van der Waals surface area contributed by atoms with Gasteiger partial charge in [0, 0.05) is 19.1 Å². The van der Waals surface area contributed by atoms with Crippen molar-refractivity contribution in [2.75, 3.05) is 5.73 Å². The molecule has 6 heteroatoms. The minimum Gasteiger partial charge on any atom is -0.382 e. The van der Waals surface area contributed by atoms with E-state index in [9.17, 15) is 0 Å². The molecule has 0 unspecified atom stereocenters. The van der Waals surface area contributed by atoms with E-state index in [-0.39, 0.29) is 0 Å². The molecule has 2 heterocycles. The smallest absolute Gasteiger partial charge is 0.165 e. The molecule has 0 saturated heterocycles. The van der Waals surface area contributed by atoms with Gasteiger partial charge in [-0.3, -0.25) is 0 Å². The summed E-state index contributed by atoms with van der Waals surface area (Å²) in [7, 11) is 0. The zero-order chi connectivity index (χ0) is 14.7. The van der Waals surface area contributed by atoms with Crippen LogP contribution in [0.3, 0.4) is 0 Å². The van der Waals surface area contributed by atoms with E-state index in [1.807, 2.05) is 22.8 Å². The van der Waals surface area contributed by atoms with Gasteiger partial charge in [-0.1, -0.05) is 30.3 Å². The Labute approximate surface area is 123 Å². The highest BCUT2D eigenvalue weighted by Gasteiger charge is 2.10. The molecular weight excluding hydrogens is 264 g/mol. The fraction of sp³-hybridized carbons (Fsp3) is 0.267. The average Bonchev–Trinajstić information content (AvgIpc) is 2.91. The molecule has 6 nitrogen and oxygen atoms in total. The van der Waals surface area contributed by atoms with Crippen LogP contribution in [-0.4, -0.2) is 25.6 Å². The highest BCUT2D eigenvalue weighted by Crippen LogP contribution is 2.14. The monoisotopic (exact) mass is 282 g/mol. The molecule has 0 aliphatic heterocycles. The number of rotatable bonds is 5. The number of nitrogens with two attached hydrogens (primary N) is 1. The fourth-order valence-corrected chi connectivity index (χ4v) is 2.28. The number of nitrogens with zero attached hydrogens (tertiary/aromatic N) is 4. The van der Waals surface area contributed by atoms with Gasteiger partial charge in [0.15, 0.2) is 11.5 Å². The normalized spacial score (nSPS) is 12.6. The third-order valence-electron chi connectivity index (χ3n) is 3.40.